The molecular formula is C12H13ClN2O. The number of halogens is 1. The van der Waals surface area contributed by atoms with Crippen LogP contribution < -0.4 is 4.90 Å². The van der Waals surface area contributed by atoms with Gasteiger partial charge in [0.15, 0.2) is 0 Å². The van der Waals surface area contributed by atoms with E-state index in [0.717, 1.165) is 17.1 Å². The lowest BCUT2D eigenvalue weighted by Crippen LogP contribution is -2.17. The molecule has 2 heterocycles. The van der Waals surface area contributed by atoms with Gasteiger partial charge in [0.05, 0.1) is 12.8 Å². The highest BCUT2D eigenvalue weighted by atomic mass is 35.5. The van der Waals surface area contributed by atoms with Crippen LogP contribution in [0.1, 0.15) is 11.3 Å². The minimum Gasteiger partial charge on any atom is -0.467 e. The lowest BCUT2D eigenvalue weighted by molar-refractivity contribution is 0.507. The molecule has 0 fully saturated rings. The second-order valence-corrected chi connectivity index (χ2v) is 3.86. The fourth-order valence-corrected chi connectivity index (χ4v) is 1.60. The predicted molar refractivity (Wildman–Crippen MR) is 64.6 cm³/mol. The van der Waals surface area contributed by atoms with Gasteiger partial charge in [0.25, 0.3) is 0 Å². The first-order valence-corrected chi connectivity index (χ1v) is 5.57. The van der Waals surface area contributed by atoms with Crippen LogP contribution in [0.15, 0.2) is 41.1 Å². The van der Waals surface area contributed by atoms with Gasteiger partial charge < -0.3 is 9.32 Å². The Labute approximate surface area is 99.7 Å². The molecule has 0 saturated heterocycles. The highest BCUT2D eigenvalue weighted by Crippen LogP contribution is 2.14. The number of pyridine rings is 1. The highest BCUT2D eigenvalue weighted by Gasteiger charge is 2.04. The molecule has 0 atom stereocenters. The topological polar surface area (TPSA) is 29.3 Å². The van der Waals surface area contributed by atoms with Gasteiger partial charge in [-0.2, -0.15) is 0 Å². The molecule has 2 rings (SSSR count). The fraction of sp³-hybridized carbons (Fsp3) is 0.250. The molecule has 2 aromatic rings. The van der Waals surface area contributed by atoms with Crippen LogP contribution >= 0.6 is 11.6 Å². The third-order valence-corrected chi connectivity index (χ3v) is 2.64. The molecule has 0 amide bonds. The van der Waals surface area contributed by atoms with Crippen molar-refractivity contribution in [1.82, 2.24) is 4.98 Å². The molecule has 0 spiro atoms. The van der Waals surface area contributed by atoms with Crippen LogP contribution in [0.25, 0.3) is 0 Å². The molecule has 16 heavy (non-hydrogen) atoms. The molecule has 0 aliphatic carbocycles. The number of anilines is 1. The molecule has 3 nitrogen and oxygen atoms in total. The Morgan fingerprint density at radius 2 is 2.25 bits per heavy atom. The first kappa shape index (κ1) is 11.0. The summed E-state index contributed by atoms with van der Waals surface area (Å²) >= 11 is 5.71. The third kappa shape index (κ3) is 2.55. The van der Waals surface area contributed by atoms with E-state index in [1.165, 1.54) is 0 Å². The summed E-state index contributed by atoms with van der Waals surface area (Å²) in [4.78, 5) is 6.35. The van der Waals surface area contributed by atoms with Gasteiger partial charge in [-0.3, -0.25) is 0 Å². The molecule has 0 aliphatic rings. The number of furan rings is 1. The summed E-state index contributed by atoms with van der Waals surface area (Å²) < 4.78 is 5.28. The van der Waals surface area contributed by atoms with Gasteiger partial charge in [0.1, 0.15) is 11.6 Å². The molecule has 0 saturated carbocycles. The molecule has 4 heteroatoms. The minimum atomic E-state index is 0.495. The van der Waals surface area contributed by atoms with Crippen molar-refractivity contribution in [2.75, 3.05) is 11.9 Å². The smallest absolute Gasteiger partial charge is 0.128 e. The number of alkyl halides is 1. The van der Waals surface area contributed by atoms with Gasteiger partial charge in [-0.25, -0.2) is 4.98 Å². The van der Waals surface area contributed by atoms with Gasteiger partial charge in [-0.05, 0) is 23.8 Å². The Balaban J connectivity index is 2.05. The molecule has 84 valence electrons. The lowest BCUT2D eigenvalue weighted by Gasteiger charge is -2.16. The van der Waals surface area contributed by atoms with Crippen molar-refractivity contribution in [3.05, 3.63) is 48.0 Å². The van der Waals surface area contributed by atoms with E-state index in [1.807, 2.05) is 36.2 Å². The third-order valence-electron chi connectivity index (χ3n) is 2.33. The number of nitrogens with zero attached hydrogens (tertiary/aromatic N) is 2. The number of hydrogen-bond donors (Lipinski definition) is 0. The van der Waals surface area contributed by atoms with Crippen LogP contribution in [0, 0.1) is 0 Å². The molecule has 0 unspecified atom stereocenters. The maximum Gasteiger partial charge on any atom is 0.128 e. The molecule has 0 bridgehead atoms. The van der Waals surface area contributed by atoms with Crippen LogP contribution in [0.2, 0.25) is 0 Å². The monoisotopic (exact) mass is 236 g/mol. The van der Waals surface area contributed by atoms with E-state index in [-0.39, 0.29) is 0 Å². The zero-order valence-corrected chi connectivity index (χ0v) is 9.81. The van der Waals surface area contributed by atoms with Crippen molar-refractivity contribution in [3.8, 4) is 0 Å². The first-order chi connectivity index (χ1) is 7.79. The Morgan fingerprint density at radius 3 is 2.81 bits per heavy atom. The quantitative estimate of drug-likeness (QED) is 0.765. The molecule has 0 aliphatic heterocycles. The Kier molecular flexibility index (Phi) is 3.47. The van der Waals surface area contributed by atoms with Gasteiger partial charge in [0.2, 0.25) is 0 Å². The molecular weight excluding hydrogens is 224 g/mol. The summed E-state index contributed by atoms with van der Waals surface area (Å²) in [5.74, 6) is 2.32. The largest absolute Gasteiger partial charge is 0.467 e. The summed E-state index contributed by atoms with van der Waals surface area (Å²) in [6, 6.07) is 7.77. The molecule has 0 radical (unpaired) electrons. The maximum atomic E-state index is 5.71. The van der Waals surface area contributed by atoms with E-state index in [2.05, 4.69) is 4.98 Å². The van der Waals surface area contributed by atoms with Crippen LogP contribution in [0.3, 0.4) is 0 Å². The van der Waals surface area contributed by atoms with E-state index >= 15 is 0 Å². The van der Waals surface area contributed by atoms with Crippen molar-refractivity contribution < 1.29 is 4.42 Å². The van der Waals surface area contributed by atoms with Crippen LogP contribution in [0.5, 0.6) is 0 Å². The standard InChI is InChI=1S/C12H13ClN2O/c1-15(9-11-3-2-6-16-11)12-5-4-10(7-13)8-14-12/h2-6,8H,7,9H2,1H3. The minimum absolute atomic E-state index is 0.495. The Bertz CT molecular complexity index is 425. The van der Waals surface area contributed by atoms with Gasteiger partial charge in [0, 0.05) is 19.1 Å². The van der Waals surface area contributed by atoms with Gasteiger partial charge in [-0.1, -0.05) is 6.07 Å². The van der Waals surface area contributed by atoms with E-state index in [9.17, 15) is 0 Å². The number of aromatic nitrogens is 1. The Hall–Kier alpha value is -1.48. The maximum absolute atomic E-state index is 5.71. The average Bonchev–Trinajstić information content (AvgIpc) is 2.82. The van der Waals surface area contributed by atoms with Crippen molar-refractivity contribution in [2.45, 2.75) is 12.4 Å². The van der Waals surface area contributed by atoms with Crippen molar-refractivity contribution >= 4 is 17.4 Å². The zero-order valence-electron chi connectivity index (χ0n) is 9.06. The van der Waals surface area contributed by atoms with Crippen LogP contribution in [-0.2, 0) is 12.4 Å². The summed E-state index contributed by atoms with van der Waals surface area (Å²) in [6.45, 7) is 0.709. The van der Waals surface area contributed by atoms with Crippen molar-refractivity contribution in [2.24, 2.45) is 0 Å². The highest BCUT2D eigenvalue weighted by molar-refractivity contribution is 6.17. The predicted octanol–water partition coefficient (Wildman–Crippen LogP) is 3.05. The normalized spacial score (nSPS) is 10.4. The molecule has 2 aromatic heterocycles. The summed E-state index contributed by atoms with van der Waals surface area (Å²) in [5, 5.41) is 0. The zero-order chi connectivity index (χ0) is 11.4. The second kappa shape index (κ2) is 5.03. The second-order valence-electron chi connectivity index (χ2n) is 3.59. The molecule has 0 N–H and O–H groups in total. The van der Waals surface area contributed by atoms with E-state index in [0.29, 0.717) is 12.4 Å². The van der Waals surface area contributed by atoms with Crippen LogP contribution in [0.4, 0.5) is 5.82 Å². The lowest BCUT2D eigenvalue weighted by atomic mass is 10.3. The summed E-state index contributed by atoms with van der Waals surface area (Å²) in [5.41, 5.74) is 1.02. The summed E-state index contributed by atoms with van der Waals surface area (Å²) in [6.07, 6.45) is 3.47. The van der Waals surface area contributed by atoms with E-state index in [1.54, 1.807) is 12.5 Å². The van der Waals surface area contributed by atoms with E-state index < -0.39 is 0 Å². The summed E-state index contributed by atoms with van der Waals surface area (Å²) in [7, 11) is 1.98. The fourth-order valence-electron chi connectivity index (χ4n) is 1.44. The number of rotatable bonds is 4. The van der Waals surface area contributed by atoms with Gasteiger partial charge >= 0.3 is 0 Å². The van der Waals surface area contributed by atoms with Crippen molar-refractivity contribution in [1.29, 1.82) is 0 Å². The van der Waals surface area contributed by atoms with E-state index in [4.69, 9.17) is 16.0 Å². The van der Waals surface area contributed by atoms with Crippen molar-refractivity contribution in [3.63, 3.8) is 0 Å². The average molecular weight is 237 g/mol. The first-order valence-electron chi connectivity index (χ1n) is 5.04. The molecule has 0 aromatic carbocycles. The SMILES string of the molecule is CN(Cc1ccco1)c1ccc(CCl)cn1. The van der Waals surface area contributed by atoms with Gasteiger partial charge in [-0.15, -0.1) is 11.6 Å². The Morgan fingerprint density at radius 1 is 1.38 bits per heavy atom. The van der Waals surface area contributed by atoms with Crippen LogP contribution in [-0.4, -0.2) is 12.0 Å². The number of hydrogen-bond acceptors (Lipinski definition) is 3.